The van der Waals surface area contributed by atoms with Gasteiger partial charge in [-0.2, -0.15) is 0 Å². The number of thiophene rings is 1. The van der Waals surface area contributed by atoms with Crippen molar-refractivity contribution in [3.8, 4) is 26.4 Å². The molecule has 0 spiro atoms. The zero-order chi connectivity index (χ0) is 19.4. The molecule has 3 rings (SSSR count). The molecule has 1 N–H and O–H groups in total. The number of hydrogen-bond acceptors (Lipinski definition) is 6. The Balaban J connectivity index is 1.66. The summed E-state index contributed by atoms with van der Waals surface area (Å²) in [5.74, 6) is 1.53. The lowest BCUT2D eigenvalue weighted by molar-refractivity contribution is -0.119. The topological polar surface area (TPSA) is 60.5 Å². The second-order valence-corrected chi connectivity index (χ2v) is 8.46. The van der Waals surface area contributed by atoms with Gasteiger partial charge in [0.15, 0.2) is 0 Å². The maximum absolute atomic E-state index is 11.2. The molecule has 0 aliphatic carbocycles. The van der Waals surface area contributed by atoms with Crippen molar-refractivity contribution in [2.24, 2.45) is 0 Å². The molecule has 3 aromatic rings. The van der Waals surface area contributed by atoms with Crippen molar-refractivity contribution >= 4 is 28.6 Å². The normalized spacial score (nSPS) is 12.0. The average molecular weight is 403 g/mol. The molecule has 0 saturated heterocycles. The Morgan fingerprint density at radius 2 is 1.74 bits per heavy atom. The molecule has 0 aliphatic heterocycles. The molecule has 5 nitrogen and oxygen atoms in total. The van der Waals surface area contributed by atoms with Gasteiger partial charge in [-0.25, -0.2) is 4.98 Å². The summed E-state index contributed by atoms with van der Waals surface area (Å²) < 4.78 is 11.5. The number of amides is 1. The average Bonchev–Trinajstić information content (AvgIpc) is 3.25. The molecule has 2 aromatic heterocycles. The van der Waals surface area contributed by atoms with Crippen LogP contribution in [-0.2, 0) is 4.79 Å². The van der Waals surface area contributed by atoms with E-state index in [0.29, 0.717) is 0 Å². The van der Waals surface area contributed by atoms with E-state index in [4.69, 9.17) is 9.47 Å². The number of ether oxygens (including phenoxy) is 2. The van der Waals surface area contributed by atoms with E-state index in [1.165, 1.54) is 18.3 Å². The van der Waals surface area contributed by atoms with Crippen molar-refractivity contribution in [2.45, 2.75) is 39.8 Å². The van der Waals surface area contributed by atoms with Crippen molar-refractivity contribution in [1.82, 2.24) is 10.3 Å². The zero-order valence-electron chi connectivity index (χ0n) is 15.7. The van der Waals surface area contributed by atoms with Crippen LogP contribution in [0.4, 0.5) is 0 Å². The van der Waals surface area contributed by atoms with Gasteiger partial charge >= 0.3 is 0 Å². The minimum absolute atomic E-state index is 0.0106. The fourth-order valence-corrected chi connectivity index (χ4v) is 4.33. The highest BCUT2D eigenvalue weighted by Crippen LogP contribution is 2.37. The SMILES string of the molecule is CC(=O)NC(C)c1ccc(-c2ncc(Oc3ccc(OC(C)C)cc3)s2)s1. The molecule has 0 fully saturated rings. The molecule has 0 bridgehead atoms. The number of carbonyl (C=O) groups is 1. The van der Waals surface area contributed by atoms with Gasteiger partial charge in [0.1, 0.15) is 16.5 Å². The van der Waals surface area contributed by atoms with Crippen LogP contribution < -0.4 is 14.8 Å². The number of aromatic nitrogens is 1. The van der Waals surface area contributed by atoms with Crippen molar-refractivity contribution < 1.29 is 14.3 Å². The highest BCUT2D eigenvalue weighted by molar-refractivity contribution is 7.22. The Morgan fingerprint density at radius 3 is 2.41 bits per heavy atom. The Hall–Kier alpha value is -2.38. The van der Waals surface area contributed by atoms with Gasteiger partial charge in [0.25, 0.3) is 0 Å². The largest absolute Gasteiger partial charge is 0.491 e. The quantitative estimate of drug-likeness (QED) is 0.555. The molecule has 7 heteroatoms. The number of thiazole rings is 1. The minimum Gasteiger partial charge on any atom is -0.491 e. The van der Waals surface area contributed by atoms with Crippen LogP contribution in [0, 0.1) is 0 Å². The van der Waals surface area contributed by atoms with Crippen LogP contribution >= 0.6 is 22.7 Å². The summed E-state index contributed by atoms with van der Waals surface area (Å²) in [4.78, 5) is 17.8. The van der Waals surface area contributed by atoms with Crippen molar-refractivity contribution in [2.75, 3.05) is 0 Å². The number of rotatable bonds is 7. The lowest BCUT2D eigenvalue weighted by atomic mass is 10.3. The lowest BCUT2D eigenvalue weighted by Gasteiger charge is -2.10. The first kappa shape index (κ1) is 19.4. The van der Waals surface area contributed by atoms with Gasteiger partial charge in [-0.15, -0.1) is 11.3 Å². The van der Waals surface area contributed by atoms with E-state index in [9.17, 15) is 4.79 Å². The fourth-order valence-electron chi connectivity index (χ4n) is 2.47. The maximum Gasteiger partial charge on any atom is 0.217 e. The summed E-state index contributed by atoms with van der Waals surface area (Å²) >= 11 is 3.12. The van der Waals surface area contributed by atoms with Gasteiger partial charge in [-0.1, -0.05) is 11.3 Å². The van der Waals surface area contributed by atoms with Crippen LogP contribution in [0.15, 0.2) is 42.6 Å². The molecule has 142 valence electrons. The van der Waals surface area contributed by atoms with E-state index in [-0.39, 0.29) is 18.1 Å². The zero-order valence-corrected chi connectivity index (χ0v) is 17.3. The molecule has 0 radical (unpaired) electrons. The van der Waals surface area contributed by atoms with Crippen molar-refractivity contribution in [1.29, 1.82) is 0 Å². The monoisotopic (exact) mass is 402 g/mol. The molecule has 1 amide bonds. The third kappa shape index (κ3) is 5.30. The van der Waals surface area contributed by atoms with Gasteiger partial charge in [0.05, 0.1) is 23.2 Å². The third-order valence-electron chi connectivity index (χ3n) is 3.58. The van der Waals surface area contributed by atoms with Crippen LogP contribution in [0.2, 0.25) is 0 Å². The molecular weight excluding hydrogens is 380 g/mol. The predicted molar refractivity (Wildman–Crippen MR) is 110 cm³/mol. The molecule has 1 aromatic carbocycles. The second-order valence-electron chi connectivity index (χ2n) is 6.35. The molecule has 0 aliphatic rings. The van der Waals surface area contributed by atoms with E-state index in [0.717, 1.165) is 31.3 Å². The standard InChI is InChI=1S/C20H22N2O3S2/c1-12(2)24-15-5-7-16(8-6-15)25-19-11-21-20(27-19)18-10-9-17(26-18)13(3)22-14(4)23/h5-13H,1-4H3,(H,22,23). The minimum atomic E-state index is -0.0350. The van der Waals surface area contributed by atoms with Gasteiger partial charge in [0.2, 0.25) is 11.0 Å². The van der Waals surface area contributed by atoms with Crippen LogP contribution in [0.5, 0.6) is 16.6 Å². The summed E-state index contributed by atoms with van der Waals surface area (Å²) in [7, 11) is 0. The van der Waals surface area contributed by atoms with Crippen LogP contribution in [-0.4, -0.2) is 17.0 Å². The van der Waals surface area contributed by atoms with Gasteiger partial charge < -0.3 is 14.8 Å². The molecular formula is C20H22N2O3S2. The first-order valence-corrected chi connectivity index (χ1v) is 10.3. The van der Waals surface area contributed by atoms with Crippen LogP contribution in [0.25, 0.3) is 9.88 Å². The summed E-state index contributed by atoms with van der Waals surface area (Å²) in [6.45, 7) is 7.49. The summed E-state index contributed by atoms with van der Waals surface area (Å²) in [6, 6.07) is 11.6. The van der Waals surface area contributed by atoms with Crippen molar-refractivity contribution in [3.05, 3.63) is 47.5 Å². The van der Waals surface area contributed by atoms with Gasteiger partial charge in [-0.05, 0) is 57.2 Å². The Bertz CT molecular complexity index is 900. The van der Waals surface area contributed by atoms with E-state index < -0.39 is 0 Å². The number of nitrogens with zero attached hydrogens (tertiary/aromatic N) is 1. The number of benzene rings is 1. The van der Waals surface area contributed by atoms with Crippen molar-refractivity contribution in [3.63, 3.8) is 0 Å². The van der Waals surface area contributed by atoms with Crippen LogP contribution in [0.1, 0.15) is 38.6 Å². The van der Waals surface area contributed by atoms with Crippen LogP contribution in [0.3, 0.4) is 0 Å². The van der Waals surface area contributed by atoms with E-state index in [2.05, 4.69) is 10.3 Å². The Labute approximate surface area is 167 Å². The lowest BCUT2D eigenvalue weighted by Crippen LogP contribution is -2.22. The Kier molecular flexibility index (Phi) is 6.13. The molecule has 2 heterocycles. The van der Waals surface area contributed by atoms with E-state index in [1.807, 2.05) is 57.2 Å². The van der Waals surface area contributed by atoms with E-state index >= 15 is 0 Å². The molecule has 27 heavy (non-hydrogen) atoms. The summed E-state index contributed by atoms with van der Waals surface area (Å²) in [6.07, 6.45) is 1.87. The second kappa shape index (κ2) is 8.54. The third-order valence-corrected chi connectivity index (χ3v) is 5.90. The molecule has 0 saturated carbocycles. The highest BCUT2D eigenvalue weighted by Gasteiger charge is 2.13. The predicted octanol–water partition coefficient (Wildman–Crippen LogP) is 5.65. The number of carbonyl (C=O) groups excluding carboxylic acids is 1. The first-order chi connectivity index (χ1) is 12.9. The molecule has 1 atom stereocenters. The number of nitrogens with one attached hydrogen (secondary N) is 1. The number of hydrogen-bond donors (Lipinski definition) is 1. The summed E-state index contributed by atoms with van der Waals surface area (Å²) in [5, 5.41) is 4.53. The fraction of sp³-hybridized carbons (Fsp3) is 0.300. The van der Waals surface area contributed by atoms with Gasteiger partial charge in [-0.3, -0.25) is 4.79 Å². The molecule has 1 unspecified atom stereocenters. The van der Waals surface area contributed by atoms with Gasteiger partial charge in [0, 0.05) is 11.8 Å². The summed E-state index contributed by atoms with van der Waals surface area (Å²) in [5.41, 5.74) is 0. The van der Waals surface area contributed by atoms with E-state index in [1.54, 1.807) is 17.5 Å². The first-order valence-electron chi connectivity index (χ1n) is 8.68. The Morgan fingerprint density at radius 1 is 1.04 bits per heavy atom. The highest BCUT2D eigenvalue weighted by atomic mass is 32.1. The maximum atomic E-state index is 11.2. The smallest absolute Gasteiger partial charge is 0.217 e.